The molecule has 0 aliphatic carbocycles. The van der Waals surface area contributed by atoms with E-state index in [2.05, 4.69) is 26.1 Å². The fourth-order valence-corrected chi connectivity index (χ4v) is 1.83. The molecular formula is C16H20N2O. The molecular weight excluding hydrogens is 236 g/mol. The lowest BCUT2D eigenvalue weighted by molar-refractivity contribution is 0.0951. The molecule has 0 spiro atoms. The summed E-state index contributed by atoms with van der Waals surface area (Å²) in [6.45, 7) is 6.89. The van der Waals surface area contributed by atoms with Gasteiger partial charge in [-0.3, -0.25) is 4.79 Å². The molecule has 0 saturated heterocycles. The smallest absolute Gasteiger partial charge is 0.253 e. The van der Waals surface area contributed by atoms with Crippen molar-refractivity contribution >= 4 is 5.91 Å². The van der Waals surface area contributed by atoms with Gasteiger partial charge >= 0.3 is 0 Å². The van der Waals surface area contributed by atoms with E-state index in [1.165, 1.54) is 0 Å². The minimum Gasteiger partial charge on any atom is -0.348 e. The molecule has 0 saturated carbocycles. The maximum Gasteiger partial charge on any atom is 0.253 e. The average molecular weight is 256 g/mol. The van der Waals surface area contributed by atoms with Crippen molar-refractivity contribution in [3.05, 3.63) is 59.9 Å². The second-order valence-corrected chi connectivity index (χ2v) is 5.65. The molecule has 19 heavy (non-hydrogen) atoms. The number of benzene rings is 1. The van der Waals surface area contributed by atoms with Gasteiger partial charge in [0.1, 0.15) is 0 Å². The molecule has 2 aromatic rings. The summed E-state index contributed by atoms with van der Waals surface area (Å²) in [4.78, 5) is 12.0. The first kappa shape index (κ1) is 13.4. The molecule has 0 unspecified atom stereocenters. The van der Waals surface area contributed by atoms with Crippen LogP contribution < -0.4 is 5.32 Å². The molecule has 0 bridgehead atoms. The number of nitrogens with zero attached hydrogens (tertiary/aromatic N) is 1. The van der Waals surface area contributed by atoms with Crippen LogP contribution in [0.25, 0.3) is 0 Å². The van der Waals surface area contributed by atoms with Gasteiger partial charge in [0.2, 0.25) is 0 Å². The summed E-state index contributed by atoms with van der Waals surface area (Å²) in [6.07, 6.45) is 3.83. The number of rotatable bonds is 3. The highest BCUT2D eigenvalue weighted by atomic mass is 16.1. The van der Waals surface area contributed by atoms with Crippen molar-refractivity contribution in [2.75, 3.05) is 0 Å². The minimum atomic E-state index is -0.0353. The second kappa shape index (κ2) is 5.31. The van der Waals surface area contributed by atoms with Gasteiger partial charge in [-0.25, -0.2) is 0 Å². The molecule has 0 atom stereocenters. The van der Waals surface area contributed by atoms with Crippen molar-refractivity contribution < 1.29 is 4.79 Å². The Balaban J connectivity index is 1.99. The van der Waals surface area contributed by atoms with Crippen molar-refractivity contribution in [1.29, 1.82) is 0 Å². The van der Waals surface area contributed by atoms with Crippen molar-refractivity contribution in [2.45, 2.75) is 32.9 Å². The lowest BCUT2D eigenvalue weighted by Crippen LogP contribution is -2.23. The van der Waals surface area contributed by atoms with Gasteiger partial charge in [-0.15, -0.1) is 0 Å². The predicted octanol–water partition coefficient (Wildman–Crippen LogP) is 3.17. The lowest BCUT2D eigenvalue weighted by Gasteiger charge is -2.20. The van der Waals surface area contributed by atoms with Gasteiger partial charge in [0, 0.05) is 24.5 Å². The Bertz CT molecular complexity index is 550. The van der Waals surface area contributed by atoms with Crippen LogP contribution in [0.4, 0.5) is 0 Å². The first-order valence-corrected chi connectivity index (χ1v) is 6.47. The van der Waals surface area contributed by atoms with Crippen molar-refractivity contribution in [1.82, 2.24) is 9.88 Å². The highest BCUT2D eigenvalue weighted by Crippen LogP contribution is 2.15. The molecule has 2 rings (SSSR count). The van der Waals surface area contributed by atoms with Crippen molar-refractivity contribution in [3.63, 3.8) is 0 Å². The van der Waals surface area contributed by atoms with E-state index in [0.717, 1.165) is 5.56 Å². The predicted molar refractivity (Wildman–Crippen MR) is 77.0 cm³/mol. The van der Waals surface area contributed by atoms with E-state index in [1.54, 1.807) is 0 Å². The van der Waals surface area contributed by atoms with Crippen LogP contribution in [0.1, 0.15) is 36.7 Å². The number of hydrogen-bond acceptors (Lipinski definition) is 1. The Morgan fingerprint density at radius 2 is 1.84 bits per heavy atom. The van der Waals surface area contributed by atoms with E-state index in [9.17, 15) is 4.79 Å². The van der Waals surface area contributed by atoms with Crippen LogP contribution in [-0.2, 0) is 12.1 Å². The van der Waals surface area contributed by atoms with E-state index < -0.39 is 0 Å². The van der Waals surface area contributed by atoms with Crippen LogP contribution in [-0.4, -0.2) is 10.5 Å². The molecule has 3 heteroatoms. The van der Waals surface area contributed by atoms with Crippen LogP contribution in [0.2, 0.25) is 0 Å². The van der Waals surface area contributed by atoms with Gasteiger partial charge in [0.25, 0.3) is 5.91 Å². The Hall–Kier alpha value is -2.03. The fourth-order valence-electron chi connectivity index (χ4n) is 1.83. The topological polar surface area (TPSA) is 34.0 Å². The van der Waals surface area contributed by atoms with Gasteiger partial charge in [-0.2, -0.15) is 0 Å². The SMILES string of the molecule is CC(C)(C)n1ccc(C(=O)NCc2ccccc2)c1. The zero-order chi connectivity index (χ0) is 13.9. The summed E-state index contributed by atoms with van der Waals surface area (Å²) < 4.78 is 2.05. The minimum absolute atomic E-state index is 0.00202. The zero-order valence-corrected chi connectivity index (χ0v) is 11.7. The van der Waals surface area contributed by atoms with Gasteiger partial charge < -0.3 is 9.88 Å². The molecule has 100 valence electrons. The van der Waals surface area contributed by atoms with E-state index in [-0.39, 0.29) is 11.4 Å². The van der Waals surface area contributed by atoms with Crippen LogP contribution in [0.15, 0.2) is 48.8 Å². The molecule has 0 fully saturated rings. The number of aromatic nitrogens is 1. The van der Waals surface area contributed by atoms with Crippen molar-refractivity contribution in [3.8, 4) is 0 Å². The lowest BCUT2D eigenvalue weighted by atomic mass is 10.1. The van der Waals surface area contributed by atoms with Gasteiger partial charge in [-0.05, 0) is 32.4 Å². The van der Waals surface area contributed by atoms with Crippen LogP contribution >= 0.6 is 0 Å². The first-order chi connectivity index (χ1) is 8.97. The zero-order valence-electron chi connectivity index (χ0n) is 11.7. The van der Waals surface area contributed by atoms with E-state index in [1.807, 2.05) is 53.4 Å². The number of amides is 1. The highest BCUT2D eigenvalue weighted by molar-refractivity contribution is 5.93. The molecule has 1 aromatic carbocycles. The summed E-state index contributed by atoms with van der Waals surface area (Å²) in [5.74, 6) is -0.0353. The van der Waals surface area contributed by atoms with Crippen LogP contribution in [0.3, 0.4) is 0 Å². The van der Waals surface area contributed by atoms with Crippen molar-refractivity contribution in [2.24, 2.45) is 0 Å². The molecule has 1 heterocycles. The van der Waals surface area contributed by atoms with Gasteiger partial charge in [0.15, 0.2) is 0 Å². The van der Waals surface area contributed by atoms with Crippen LogP contribution in [0.5, 0.6) is 0 Å². The van der Waals surface area contributed by atoms with E-state index in [4.69, 9.17) is 0 Å². The number of carbonyl (C=O) groups excluding carboxylic acids is 1. The summed E-state index contributed by atoms with van der Waals surface area (Å²) in [5, 5.41) is 2.93. The van der Waals surface area contributed by atoms with Gasteiger partial charge in [-0.1, -0.05) is 30.3 Å². The first-order valence-electron chi connectivity index (χ1n) is 6.47. The summed E-state index contributed by atoms with van der Waals surface area (Å²) in [7, 11) is 0. The maximum atomic E-state index is 12.0. The maximum absolute atomic E-state index is 12.0. The van der Waals surface area contributed by atoms with Crippen LogP contribution in [0, 0.1) is 0 Å². The fraction of sp³-hybridized carbons (Fsp3) is 0.312. The molecule has 3 nitrogen and oxygen atoms in total. The number of carbonyl (C=O) groups is 1. The van der Waals surface area contributed by atoms with E-state index in [0.29, 0.717) is 12.1 Å². The Labute approximate surface area is 114 Å². The number of hydrogen-bond donors (Lipinski definition) is 1. The monoisotopic (exact) mass is 256 g/mol. The number of nitrogens with one attached hydrogen (secondary N) is 1. The second-order valence-electron chi connectivity index (χ2n) is 5.65. The molecule has 0 aliphatic heterocycles. The standard InChI is InChI=1S/C16H20N2O/c1-16(2,3)18-10-9-14(12-18)15(19)17-11-13-7-5-4-6-8-13/h4-10,12H,11H2,1-3H3,(H,17,19). The Morgan fingerprint density at radius 1 is 1.16 bits per heavy atom. The average Bonchev–Trinajstić information content (AvgIpc) is 2.87. The third-order valence-corrected chi connectivity index (χ3v) is 3.03. The Morgan fingerprint density at radius 3 is 2.42 bits per heavy atom. The normalized spacial score (nSPS) is 11.3. The summed E-state index contributed by atoms with van der Waals surface area (Å²) in [6, 6.07) is 11.8. The van der Waals surface area contributed by atoms with E-state index >= 15 is 0 Å². The summed E-state index contributed by atoms with van der Waals surface area (Å²) >= 11 is 0. The molecule has 1 N–H and O–H groups in total. The molecule has 1 amide bonds. The Kier molecular flexibility index (Phi) is 3.74. The third kappa shape index (κ3) is 3.47. The molecule has 0 aliphatic rings. The molecule has 1 aromatic heterocycles. The quantitative estimate of drug-likeness (QED) is 0.899. The highest BCUT2D eigenvalue weighted by Gasteiger charge is 2.14. The summed E-state index contributed by atoms with van der Waals surface area (Å²) in [5.41, 5.74) is 1.80. The largest absolute Gasteiger partial charge is 0.348 e. The molecule has 0 radical (unpaired) electrons. The third-order valence-electron chi connectivity index (χ3n) is 3.03. The van der Waals surface area contributed by atoms with Gasteiger partial charge in [0.05, 0.1) is 5.56 Å².